The van der Waals surface area contributed by atoms with Crippen LogP contribution in [0.25, 0.3) is 5.65 Å². The monoisotopic (exact) mass is 313 g/mol. The van der Waals surface area contributed by atoms with Gasteiger partial charge in [0.1, 0.15) is 24.1 Å². The molecule has 0 amide bonds. The van der Waals surface area contributed by atoms with Gasteiger partial charge in [-0.3, -0.25) is 9.50 Å². The number of H-pyrrole nitrogens is 1. The van der Waals surface area contributed by atoms with Crippen LogP contribution in [-0.2, 0) is 4.74 Å². The zero-order valence-corrected chi connectivity index (χ0v) is 12.9. The molecule has 8 heteroatoms. The Hall–Kier alpha value is -2.48. The number of ether oxygens (including phenoxy) is 1. The third-order valence-corrected chi connectivity index (χ3v) is 4.29. The molecule has 0 radical (unpaired) electrons. The summed E-state index contributed by atoms with van der Waals surface area (Å²) in [6.45, 7) is 3.53. The van der Waals surface area contributed by atoms with Gasteiger partial charge < -0.3 is 10.1 Å². The first-order valence-corrected chi connectivity index (χ1v) is 7.83. The van der Waals surface area contributed by atoms with Gasteiger partial charge in [0.15, 0.2) is 5.65 Å². The first-order chi connectivity index (χ1) is 11.3. The normalized spacial score (nSPS) is 21.6. The summed E-state index contributed by atoms with van der Waals surface area (Å²) in [7, 11) is 0. The Kier molecular flexibility index (Phi) is 3.66. The van der Waals surface area contributed by atoms with Crippen molar-refractivity contribution in [2.75, 3.05) is 18.5 Å². The molecule has 1 aliphatic heterocycles. The lowest BCUT2D eigenvalue weighted by Crippen LogP contribution is -2.28. The van der Waals surface area contributed by atoms with Gasteiger partial charge in [-0.15, -0.1) is 10.2 Å². The van der Waals surface area contributed by atoms with Crippen molar-refractivity contribution < 1.29 is 4.74 Å². The number of aromatic amines is 1. The van der Waals surface area contributed by atoms with Crippen LogP contribution < -0.4 is 5.32 Å². The molecular formula is C15H19N7O. The number of nitrogens with one attached hydrogen (secondary N) is 2. The highest BCUT2D eigenvalue weighted by atomic mass is 16.5. The fraction of sp³-hybridized carbons (Fsp3) is 0.467. The minimum Gasteiger partial charge on any atom is -0.372 e. The zero-order valence-electron chi connectivity index (χ0n) is 12.9. The lowest BCUT2D eigenvalue weighted by molar-refractivity contribution is -0.0264. The van der Waals surface area contributed by atoms with Crippen molar-refractivity contribution in [2.24, 2.45) is 5.92 Å². The van der Waals surface area contributed by atoms with Crippen molar-refractivity contribution in [3.63, 3.8) is 0 Å². The molecule has 8 nitrogen and oxygen atoms in total. The maximum Gasteiger partial charge on any atom is 0.165 e. The van der Waals surface area contributed by atoms with Gasteiger partial charge in [0.05, 0.1) is 5.69 Å². The topological polar surface area (TPSA) is 93.0 Å². The predicted octanol–water partition coefficient (Wildman–Crippen LogP) is 1.74. The van der Waals surface area contributed by atoms with Crippen molar-refractivity contribution in [3.8, 4) is 0 Å². The molecule has 1 aliphatic rings. The Morgan fingerprint density at radius 3 is 3.30 bits per heavy atom. The van der Waals surface area contributed by atoms with E-state index in [1.807, 2.05) is 23.5 Å². The first-order valence-electron chi connectivity index (χ1n) is 7.83. The van der Waals surface area contributed by atoms with Crippen molar-refractivity contribution in [3.05, 3.63) is 36.2 Å². The summed E-state index contributed by atoms with van der Waals surface area (Å²) >= 11 is 0. The molecule has 2 atom stereocenters. The summed E-state index contributed by atoms with van der Waals surface area (Å²) in [6.07, 6.45) is 5.68. The van der Waals surface area contributed by atoms with E-state index in [1.54, 1.807) is 12.5 Å². The van der Waals surface area contributed by atoms with Gasteiger partial charge >= 0.3 is 0 Å². The Balaban J connectivity index is 1.50. The maximum absolute atomic E-state index is 5.95. The van der Waals surface area contributed by atoms with Gasteiger partial charge in [0.2, 0.25) is 0 Å². The number of fused-ring (bicyclic) bond motifs is 1. The number of nitrogens with zero attached hydrogens (tertiary/aromatic N) is 5. The zero-order chi connectivity index (χ0) is 15.6. The molecule has 4 rings (SSSR count). The highest BCUT2D eigenvalue weighted by Gasteiger charge is 2.28. The molecule has 0 bridgehead atoms. The van der Waals surface area contributed by atoms with Crippen molar-refractivity contribution in [1.82, 2.24) is 29.8 Å². The molecule has 0 unspecified atom stereocenters. The highest BCUT2D eigenvalue weighted by molar-refractivity contribution is 5.49. The average Bonchev–Trinajstić information content (AvgIpc) is 3.25. The standard InChI is InChI=1S/C15H19N7O/c1-10-19-13(7-14-21-18-9-22(10)14)16-8-11-3-2-6-23-15(11)12-4-5-17-20-12/h4-5,7,9,11,15-16H,2-3,6,8H2,1H3,(H,17,20)/t11-,15+/m0/s1. The fourth-order valence-corrected chi connectivity index (χ4v) is 3.12. The minimum atomic E-state index is 0.0525. The Labute approximate surface area is 133 Å². The van der Waals surface area contributed by atoms with Gasteiger partial charge in [-0.2, -0.15) is 5.10 Å². The van der Waals surface area contributed by atoms with Crippen LogP contribution >= 0.6 is 0 Å². The van der Waals surface area contributed by atoms with Gasteiger partial charge in [-0.25, -0.2) is 4.98 Å². The number of hydrogen-bond acceptors (Lipinski definition) is 6. The molecule has 1 saturated heterocycles. The molecule has 23 heavy (non-hydrogen) atoms. The van der Waals surface area contributed by atoms with E-state index >= 15 is 0 Å². The van der Waals surface area contributed by atoms with E-state index in [-0.39, 0.29) is 6.10 Å². The van der Waals surface area contributed by atoms with Crippen molar-refractivity contribution in [2.45, 2.75) is 25.9 Å². The number of hydrogen-bond donors (Lipinski definition) is 2. The Morgan fingerprint density at radius 2 is 2.43 bits per heavy atom. The largest absolute Gasteiger partial charge is 0.372 e. The summed E-state index contributed by atoms with van der Waals surface area (Å²) in [5.74, 6) is 2.05. The van der Waals surface area contributed by atoms with E-state index in [1.165, 1.54) is 0 Å². The fourth-order valence-electron chi connectivity index (χ4n) is 3.12. The summed E-state index contributed by atoms with van der Waals surface area (Å²) in [5.41, 5.74) is 1.83. The van der Waals surface area contributed by atoms with Crippen LogP contribution in [0, 0.1) is 12.8 Å². The van der Waals surface area contributed by atoms with Crippen molar-refractivity contribution in [1.29, 1.82) is 0 Å². The summed E-state index contributed by atoms with van der Waals surface area (Å²) < 4.78 is 7.81. The van der Waals surface area contributed by atoms with E-state index < -0.39 is 0 Å². The van der Waals surface area contributed by atoms with Gasteiger partial charge in [-0.05, 0) is 25.8 Å². The van der Waals surface area contributed by atoms with Crippen LogP contribution in [0.1, 0.15) is 30.5 Å². The first kappa shape index (κ1) is 14.1. The number of rotatable bonds is 4. The van der Waals surface area contributed by atoms with Crippen molar-refractivity contribution >= 4 is 11.5 Å². The molecule has 120 valence electrons. The number of anilines is 1. The van der Waals surface area contributed by atoms with Gasteiger partial charge in [0, 0.05) is 31.3 Å². The SMILES string of the molecule is Cc1nc(NC[C@@H]2CCCO[C@H]2c2ccn[nH]2)cc2nncn12. The lowest BCUT2D eigenvalue weighted by Gasteiger charge is -2.31. The minimum absolute atomic E-state index is 0.0525. The number of aromatic nitrogens is 6. The second kappa shape index (κ2) is 5.96. The average molecular weight is 313 g/mol. The molecule has 0 aliphatic carbocycles. The summed E-state index contributed by atoms with van der Waals surface area (Å²) in [4.78, 5) is 4.56. The van der Waals surface area contributed by atoms with E-state index in [2.05, 4.69) is 30.7 Å². The second-order valence-electron chi connectivity index (χ2n) is 5.83. The third kappa shape index (κ3) is 2.77. The predicted molar refractivity (Wildman–Crippen MR) is 84.0 cm³/mol. The molecule has 3 aromatic rings. The molecule has 3 aromatic heterocycles. The molecule has 0 spiro atoms. The Bertz CT molecular complexity index is 782. The van der Waals surface area contributed by atoms with E-state index in [0.717, 1.165) is 49.0 Å². The van der Waals surface area contributed by atoms with Gasteiger partial charge in [0.25, 0.3) is 0 Å². The van der Waals surface area contributed by atoms with Crippen LogP contribution in [0.15, 0.2) is 24.7 Å². The quantitative estimate of drug-likeness (QED) is 0.762. The molecule has 0 saturated carbocycles. The third-order valence-electron chi connectivity index (χ3n) is 4.29. The van der Waals surface area contributed by atoms with Crippen LogP contribution in [-0.4, -0.2) is 42.9 Å². The van der Waals surface area contributed by atoms with Crippen LogP contribution in [0.2, 0.25) is 0 Å². The van der Waals surface area contributed by atoms with E-state index in [4.69, 9.17) is 4.74 Å². The maximum atomic E-state index is 5.95. The Morgan fingerprint density at radius 1 is 1.48 bits per heavy atom. The molecule has 0 aromatic carbocycles. The van der Waals surface area contributed by atoms with E-state index in [0.29, 0.717) is 5.92 Å². The number of aryl methyl sites for hydroxylation is 1. The van der Waals surface area contributed by atoms with Gasteiger partial charge in [-0.1, -0.05) is 0 Å². The second-order valence-corrected chi connectivity index (χ2v) is 5.83. The lowest BCUT2D eigenvalue weighted by atomic mass is 9.92. The van der Waals surface area contributed by atoms with Crippen LogP contribution in [0.5, 0.6) is 0 Å². The highest BCUT2D eigenvalue weighted by Crippen LogP contribution is 2.32. The summed E-state index contributed by atoms with van der Waals surface area (Å²) in [5, 5.41) is 18.5. The summed E-state index contributed by atoms with van der Waals surface area (Å²) in [6, 6.07) is 3.89. The molecular weight excluding hydrogens is 294 g/mol. The van der Waals surface area contributed by atoms with E-state index in [9.17, 15) is 0 Å². The molecule has 2 N–H and O–H groups in total. The molecule has 4 heterocycles. The smallest absolute Gasteiger partial charge is 0.165 e. The van der Waals surface area contributed by atoms with Crippen LogP contribution in [0.3, 0.4) is 0 Å². The van der Waals surface area contributed by atoms with Crippen LogP contribution in [0.4, 0.5) is 5.82 Å². The molecule has 1 fully saturated rings.